The maximum atomic E-state index is 13.8. The Morgan fingerprint density at radius 2 is 1.66 bits per heavy atom. The molecule has 172 valence electrons. The topological polar surface area (TPSA) is 62.3 Å². The maximum absolute atomic E-state index is 13.8. The Hall–Kier alpha value is -1.63. The summed E-state index contributed by atoms with van der Waals surface area (Å²) >= 11 is 13.5. The Morgan fingerprint density at radius 1 is 1.03 bits per heavy atom. The summed E-state index contributed by atoms with van der Waals surface area (Å²) in [5.41, 5.74) is 2.05. The number of aryl methyl sites for hydroxylation is 1. The third-order valence-electron chi connectivity index (χ3n) is 6.62. The molecule has 2 fully saturated rings. The third-order valence-corrected chi connectivity index (χ3v) is 8.23. The molecule has 1 heterocycles. The minimum atomic E-state index is -0.733. The molecular weight excluding hydrogens is 465 g/mol. The molecule has 32 heavy (non-hydrogen) atoms. The van der Waals surface area contributed by atoms with Gasteiger partial charge in [0.05, 0.1) is 0 Å². The van der Waals surface area contributed by atoms with Crippen molar-refractivity contribution in [2.75, 3.05) is 0 Å². The predicted molar refractivity (Wildman–Crippen MR) is 129 cm³/mol. The normalized spacial score (nSPS) is 18.5. The average Bonchev–Trinajstić information content (AvgIpc) is 3.43. The van der Waals surface area contributed by atoms with Crippen molar-refractivity contribution in [3.63, 3.8) is 0 Å². The molecule has 8 heteroatoms. The van der Waals surface area contributed by atoms with Crippen LogP contribution in [0.4, 0.5) is 0 Å². The van der Waals surface area contributed by atoms with Gasteiger partial charge >= 0.3 is 0 Å². The fraction of sp³-hybridized carbons (Fsp3) is 0.542. The molecule has 2 aliphatic rings. The van der Waals surface area contributed by atoms with Crippen LogP contribution in [0.3, 0.4) is 0 Å². The van der Waals surface area contributed by atoms with Gasteiger partial charge in [0.1, 0.15) is 15.4 Å². The van der Waals surface area contributed by atoms with Gasteiger partial charge in [0.25, 0.3) is 5.91 Å². The van der Waals surface area contributed by atoms with Gasteiger partial charge in [-0.25, -0.2) is 0 Å². The van der Waals surface area contributed by atoms with Crippen LogP contribution in [0.1, 0.15) is 85.4 Å². The molecular formula is C24H29Cl2N3O2S. The lowest BCUT2D eigenvalue weighted by Crippen LogP contribution is -2.50. The van der Waals surface area contributed by atoms with E-state index in [9.17, 15) is 9.59 Å². The van der Waals surface area contributed by atoms with Gasteiger partial charge in [-0.1, -0.05) is 85.1 Å². The van der Waals surface area contributed by atoms with Crippen molar-refractivity contribution in [1.82, 2.24) is 14.6 Å². The van der Waals surface area contributed by atoms with E-state index in [2.05, 4.69) is 9.69 Å². The highest BCUT2D eigenvalue weighted by Crippen LogP contribution is 2.36. The Kier molecular flexibility index (Phi) is 7.74. The minimum Gasteiger partial charge on any atom is -0.351 e. The van der Waals surface area contributed by atoms with Crippen LogP contribution in [0.25, 0.3) is 0 Å². The summed E-state index contributed by atoms with van der Waals surface area (Å²) in [5, 5.41) is 3.40. The molecule has 1 aromatic heterocycles. The Bertz CT molecular complexity index is 951. The summed E-state index contributed by atoms with van der Waals surface area (Å²) in [6.07, 6.45) is 9.15. The van der Waals surface area contributed by atoms with E-state index in [4.69, 9.17) is 23.2 Å². The number of amides is 2. The van der Waals surface area contributed by atoms with Gasteiger partial charge in [-0.15, -0.1) is 0 Å². The van der Waals surface area contributed by atoms with Crippen LogP contribution in [0.2, 0.25) is 9.36 Å². The fourth-order valence-electron chi connectivity index (χ4n) is 4.90. The Morgan fingerprint density at radius 3 is 2.25 bits per heavy atom. The SMILES string of the molecule is Cc1ccc([C@@H](C(=O)NC2CCCC2)N(C(=O)c2nsc(Cl)c2Cl)C2CCCCC2)cc1. The largest absolute Gasteiger partial charge is 0.351 e. The van der Waals surface area contributed by atoms with E-state index in [1.807, 2.05) is 31.2 Å². The van der Waals surface area contributed by atoms with Gasteiger partial charge < -0.3 is 10.2 Å². The van der Waals surface area contributed by atoms with Crippen LogP contribution in [0.15, 0.2) is 24.3 Å². The molecule has 1 aromatic carbocycles. The highest BCUT2D eigenvalue weighted by molar-refractivity contribution is 7.11. The molecule has 0 aliphatic heterocycles. The van der Waals surface area contributed by atoms with Crippen molar-refractivity contribution >= 4 is 46.5 Å². The van der Waals surface area contributed by atoms with E-state index in [0.717, 1.165) is 80.4 Å². The summed E-state index contributed by atoms with van der Waals surface area (Å²) in [6, 6.07) is 7.26. The zero-order valence-corrected chi connectivity index (χ0v) is 20.6. The molecule has 1 atom stereocenters. The number of hydrogen-bond acceptors (Lipinski definition) is 4. The van der Waals surface area contributed by atoms with Gasteiger partial charge in [-0.2, -0.15) is 4.37 Å². The van der Waals surface area contributed by atoms with Crippen molar-refractivity contribution < 1.29 is 9.59 Å². The molecule has 0 bridgehead atoms. The second-order valence-corrected chi connectivity index (χ2v) is 10.7. The molecule has 0 radical (unpaired) electrons. The number of hydrogen-bond donors (Lipinski definition) is 1. The van der Waals surface area contributed by atoms with E-state index >= 15 is 0 Å². The molecule has 2 aliphatic carbocycles. The number of nitrogens with one attached hydrogen (secondary N) is 1. The average molecular weight is 494 g/mol. The quantitative estimate of drug-likeness (QED) is 0.510. The van der Waals surface area contributed by atoms with Gasteiger partial charge in [-0.05, 0) is 49.7 Å². The van der Waals surface area contributed by atoms with Crippen LogP contribution >= 0.6 is 34.7 Å². The molecule has 0 saturated heterocycles. The Balaban J connectivity index is 1.75. The first kappa shape index (κ1) is 23.5. The monoisotopic (exact) mass is 493 g/mol. The number of carbonyl (C=O) groups is 2. The maximum Gasteiger partial charge on any atom is 0.276 e. The first-order chi connectivity index (χ1) is 15.5. The van der Waals surface area contributed by atoms with Crippen LogP contribution in [0, 0.1) is 6.92 Å². The number of aromatic nitrogens is 1. The number of carbonyl (C=O) groups excluding carboxylic acids is 2. The molecule has 2 aromatic rings. The summed E-state index contributed by atoms with van der Waals surface area (Å²) in [7, 11) is 0. The summed E-state index contributed by atoms with van der Waals surface area (Å²) in [4.78, 5) is 29.3. The lowest BCUT2D eigenvalue weighted by molar-refractivity contribution is -0.127. The summed E-state index contributed by atoms with van der Waals surface area (Å²) < 4.78 is 4.53. The zero-order valence-electron chi connectivity index (χ0n) is 18.3. The molecule has 1 N–H and O–H groups in total. The third kappa shape index (κ3) is 5.13. The lowest BCUT2D eigenvalue weighted by atomic mass is 9.91. The van der Waals surface area contributed by atoms with E-state index in [-0.39, 0.29) is 34.6 Å². The fourth-order valence-corrected chi connectivity index (χ4v) is 5.89. The van der Waals surface area contributed by atoms with E-state index in [1.165, 1.54) is 0 Å². The smallest absolute Gasteiger partial charge is 0.276 e. The van der Waals surface area contributed by atoms with Crippen LogP contribution in [-0.4, -0.2) is 33.2 Å². The van der Waals surface area contributed by atoms with E-state index < -0.39 is 6.04 Å². The molecule has 2 saturated carbocycles. The van der Waals surface area contributed by atoms with E-state index in [0.29, 0.717) is 4.34 Å². The highest BCUT2D eigenvalue weighted by atomic mass is 35.5. The van der Waals surface area contributed by atoms with Crippen molar-refractivity contribution in [3.05, 3.63) is 50.4 Å². The number of rotatable bonds is 6. The molecule has 0 unspecified atom stereocenters. The minimum absolute atomic E-state index is 0.0478. The predicted octanol–water partition coefficient (Wildman–Crippen LogP) is 6.33. The van der Waals surface area contributed by atoms with Crippen LogP contribution in [-0.2, 0) is 4.79 Å². The first-order valence-electron chi connectivity index (χ1n) is 11.5. The first-order valence-corrected chi connectivity index (χ1v) is 13.0. The van der Waals surface area contributed by atoms with Gasteiger partial charge in [-0.3, -0.25) is 9.59 Å². The summed E-state index contributed by atoms with van der Waals surface area (Å²) in [5.74, 6) is -0.450. The Labute approximate surface area is 203 Å². The van der Waals surface area contributed by atoms with Crippen molar-refractivity contribution in [2.45, 2.75) is 82.8 Å². The van der Waals surface area contributed by atoms with Gasteiger partial charge in [0, 0.05) is 12.1 Å². The molecule has 5 nitrogen and oxygen atoms in total. The van der Waals surface area contributed by atoms with Gasteiger partial charge in [0.15, 0.2) is 5.69 Å². The molecule has 2 amide bonds. The highest BCUT2D eigenvalue weighted by Gasteiger charge is 2.39. The molecule has 0 spiro atoms. The van der Waals surface area contributed by atoms with E-state index in [1.54, 1.807) is 4.90 Å². The summed E-state index contributed by atoms with van der Waals surface area (Å²) in [6.45, 7) is 2.01. The van der Waals surface area contributed by atoms with Crippen molar-refractivity contribution in [2.24, 2.45) is 0 Å². The second-order valence-electron chi connectivity index (χ2n) is 8.93. The lowest BCUT2D eigenvalue weighted by Gasteiger charge is -2.39. The number of nitrogens with zero attached hydrogens (tertiary/aromatic N) is 2. The van der Waals surface area contributed by atoms with Crippen LogP contribution in [0.5, 0.6) is 0 Å². The van der Waals surface area contributed by atoms with Crippen molar-refractivity contribution in [1.29, 1.82) is 0 Å². The molecule has 4 rings (SSSR count). The number of benzene rings is 1. The van der Waals surface area contributed by atoms with Crippen LogP contribution < -0.4 is 5.32 Å². The second kappa shape index (κ2) is 10.5. The number of halogens is 2. The van der Waals surface area contributed by atoms with Gasteiger partial charge in [0.2, 0.25) is 5.91 Å². The standard InChI is InChI=1S/C24H29Cl2N3O2S/c1-15-11-13-16(14-12-15)21(23(30)27-17-7-5-6-8-17)29(18-9-3-2-4-10-18)24(31)20-19(25)22(26)32-28-20/h11-14,17-18,21H,2-10H2,1H3,(H,27,30)/t21-/m0/s1. The zero-order chi connectivity index (χ0) is 22.7. The van der Waals surface area contributed by atoms with Crippen molar-refractivity contribution in [3.8, 4) is 0 Å².